The molecule has 0 heterocycles. The van der Waals surface area contributed by atoms with Crippen molar-refractivity contribution >= 4 is 0 Å². The van der Waals surface area contributed by atoms with Gasteiger partial charge in [-0.15, -0.1) is 0 Å². The zero-order valence-corrected chi connectivity index (χ0v) is 8.04. The lowest BCUT2D eigenvalue weighted by Crippen LogP contribution is -1.93. The van der Waals surface area contributed by atoms with Gasteiger partial charge in [0.1, 0.15) is 0 Å². The Kier molecular flexibility index (Phi) is 3.09. The molecular weight excluding hydrogens is 144 g/mol. The van der Waals surface area contributed by atoms with Crippen LogP contribution in [0.2, 0.25) is 0 Å². The molecule has 0 saturated heterocycles. The molecule has 0 saturated carbocycles. The smallest absolute Gasteiger partial charge is 0.00169 e. The number of hydrogen-bond acceptors (Lipinski definition) is 0. The Morgan fingerprint density at radius 1 is 1.33 bits per heavy atom. The minimum Gasteiger partial charge on any atom is -0.0881 e. The van der Waals surface area contributed by atoms with Crippen LogP contribution in [0.1, 0.15) is 33.7 Å². The first-order valence-electron chi connectivity index (χ1n) is 4.43. The molecule has 0 aliphatic carbocycles. The molecule has 66 valence electrons. The van der Waals surface area contributed by atoms with Crippen LogP contribution in [0.5, 0.6) is 0 Å². The van der Waals surface area contributed by atoms with E-state index < -0.39 is 0 Å². The fraction of sp³-hybridized carbons (Fsp3) is 0.333. The average Bonchev–Trinajstić information content (AvgIpc) is 2.17. The van der Waals surface area contributed by atoms with Crippen molar-refractivity contribution in [3.8, 4) is 0 Å². The Balaban J connectivity index is 0.00000144. The zero-order valence-electron chi connectivity index (χ0n) is 8.04. The predicted molar refractivity (Wildman–Crippen MR) is 56.4 cm³/mol. The van der Waals surface area contributed by atoms with Crippen molar-refractivity contribution in [2.24, 2.45) is 0 Å². The second kappa shape index (κ2) is 4.10. The van der Waals surface area contributed by atoms with Crippen LogP contribution in [0.3, 0.4) is 0 Å². The Hall–Kier alpha value is -1.04. The Morgan fingerprint density at radius 2 is 1.92 bits per heavy atom. The molecule has 0 aliphatic heterocycles. The van der Waals surface area contributed by atoms with Gasteiger partial charge < -0.3 is 0 Å². The first-order chi connectivity index (χ1) is 5.75. The molecule has 1 rings (SSSR count). The Bertz CT molecular complexity index is 262. The van der Waals surface area contributed by atoms with Crippen LogP contribution >= 0.6 is 0 Å². The number of benzene rings is 1. The van der Waals surface area contributed by atoms with Crippen molar-refractivity contribution in [3.05, 3.63) is 47.5 Å². The van der Waals surface area contributed by atoms with Crippen LogP contribution in [0.15, 0.2) is 42.0 Å². The topological polar surface area (TPSA) is 0 Å². The lowest BCUT2D eigenvalue weighted by Gasteiger charge is -2.11. The number of hydrogen-bond donors (Lipinski definition) is 0. The van der Waals surface area contributed by atoms with E-state index in [1.807, 2.05) is 0 Å². The van der Waals surface area contributed by atoms with E-state index in [-0.39, 0.29) is 1.43 Å². The van der Waals surface area contributed by atoms with Gasteiger partial charge in [-0.05, 0) is 19.4 Å². The summed E-state index contributed by atoms with van der Waals surface area (Å²) in [5.74, 6) is 0.552. The molecule has 0 N–H and O–H groups in total. The van der Waals surface area contributed by atoms with Gasteiger partial charge in [0.25, 0.3) is 0 Å². The molecular formula is C12H18. The standard InChI is InChI=1S/C12H16.H2/c1-4-10(2)11(3)12-8-6-5-7-9-12;/h4-9,11H,1-3H3;1H/b10-4-;. The maximum atomic E-state index is 2.24. The van der Waals surface area contributed by atoms with Crippen molar-refractivity contribution in [1.29, 1.82) is 0 Å². The molecule has 0 heteroatoms. The zero-order chi connectivity index (χ0) is 8.97. The van der Waals surface area contributed by atoms with Gasteiger partial charge in [0.05, 0.1) is 0 Å². The second-order valence-electron chi connectivity index (χ2n) is 3.17. The average molecular weight is 162 g/mol. The predicted octanol–water partition coefficient (Wildman–Crippen LogP) is 4.00. The van der Waals surface area contributed by atoms with Crippen LogP contribution < -0.4 is 0 Å². The summed E-state index contributed by atoms with van der Waals surface area (Å²) in [5.41, 5.74) is 2.83. The van der Waals surface area contributed by atoms with E-state index in [1.165, 1.54) is 11.1 Å². The van der Waals surface area contributed by atoms with E-state index in [4.69, 9.17) is 0 Å². The summed E-state index contributed by atoms with van der Waals surface area (Å²) in [4.78, 5) is 0. The molecule has 1 unspecified atom stereocenters. The molecule has 1 atom stereocenters. The molecule has 0 spiro atoms. The van der Waals surface area contributed by atoms with Gasteiger partial charge in [0.2, 0.25) is 0 Å². The molecule has 1 aromatic carbocycles. The van der Waals surface area contributed by atoms with Crippen molar-refractivity contribution in [3.63, 3.8) is 0 Å². The molecule has 0 fully saturated rings. The van der Waals surface area contributed by atoms with Crippen LogP contribution in [-0.2, 0) is 0 Å². The molecule has 0 amide bonds. The van der Waals surface area contributed by atoms with Gasteiger partial charge in [-0.1, -0.05) is 48.9 Å². The summed E-state index contributed by atoms with van der Waals surface area (Å²) < 4.78 is 0. The quantitative estimate of drug-likeness (QED) is 0.576. The summed E-state index contributed by atoms with van der Waals surface area (Å²) >= 11 is 0. The monoisotopic (exact) mass is 162 g/mol. The highest BCUT2D eigenvalue weighted by Gasteiger charge is 2.04. The maximum absolute atomic E-state index is 2.24. The maximum Gasteiger partial charge on any atom is 0.00169 e. The summed E-state index contributed by atoms with van der Waals surface area (Å²) in [6, 6.07) is 10.6. The van der Waals surface area contributed by atoms with Crippen LogP contribution in [0.25, 0.3) is 0 Å². The molecule has 0 radical (unpaired) electrons. The highest BCUT2D eigenvalue weighted by Crippen LogP contribution is 2.22. The first kappa shape index (κ1) is 9.05. The summed E-state index contributed by atoms with van der Waals surface area (Å²) in [5, 5.41) is 0. The van der Waals surface area contributed by atoms with Gasteiger partial charge in [-0.3, -0.25) is 0 Å². The Morgan fingerprint density at radius 3 is 2.42 bits per heavy atom. The summed E-state index contributed by atoms with van der Waals surface area (Å²) in [7, 11) is 0. The first-order valence-corrected chi connectivity index (χ1v) is 4.43. The normalized spacial score (nSPS) is 14.4. The minimum absolute atomic E-state index is 0. The van der Waals surface area contributed by atoms with Crippen molar-refractivity contribution in [2.75, 3.05) is 0 Å². The van der Waals surface area contributed by atoms with Crippen molar-refractivity contribution < 1.29 is 1.43 Å². The summed E-state index contributed by atoms with van der Waals surface area (Å²) in [6.07, 6.45) is 2.18. The highest BCUT2D eigenvalue weighted by atomic mass is 14.1. The van der Waals surface area contributed by atoms with Gasteiger partial charge in [0, 0.05) is 7.34 Å². The highest BCUT2D eigenvalue weighted by molar-refractivity contribution is 5.26. The molecule has 1 aromatic rings. The van der Waals surface area contributed by atoms with E-state index in [9.17, 15) is 0 Å². The molecule has 0 bridgehead atoms. The van der Waals surface area contributed by atoms with Gasteiger partial charge in [-0.25, -0.2) is 0 Å². The van der Waals surface area contributed by atoms with Crippen molar-refractivity contribution in [1.82, 2.24) is 0 Å². The number of allylic oxidation sites excluding steroid dienone is 2. The minimum atomic E-state index is 0. The Labute approximate surface area is 76.4 Å². The van der Waals surface area contributed by atoms with E-state index >= 15 is 0 Å². The van der Waals surface area contributed by atoms with Crippen LogP contribution in [-0.4, -0.2) is 0 Å². The second-order valence-corrected chi connectivity index (χ2v) is 3.17. The fourth-order valence-corrected chi connectivity index (χ4v) is 1.25. The van der Waals surface area contributed by atoms with Crippen molar-refractivity contribution in [2.45, 2.75) is 26.7 Å². The van der Waals surface area contributed by atoms with E-state index in [1.54, 1.807) is 0 Å². The summed E-state index contributed by atoms with van der Waals surface area (Å²) in [6.45, 7) is 6.51. The number of rotatable bonds is 2. The van der Waals surface area contributed by atoms with E-state index in [0.717, 1.165) is 0 Å². The lowest BCUT2D eigenvalue weighted by atomic mass is 9.94. The molecule has 0 nitrogen and oxygen atoms in total. The van der Waals surface area contributed by atoms with E-state index in [2.05, 4.69) is 57.2 Å². The van der Waals surface area contributed by atoms with Crippen LogP contribution in [0.4, 0.5) is 0 Å². The third-order valence-electron chi connectivity index (χ3n) is 2.44. The third-order valence-corrected chi connectivity index (χ3v) is 2.44. The fourth-order valence-electron chi connectivity index (χ4n) is 1.25. The molecule has 0 aliphatic rings. The largest absolute Gasteiger partial charge is 0.0881 e. The SMILES string of the molecule is C/C=C(/C)C(C)c1ccccc1.[HH]. The molecule has 0 aromatic heterocycles. The third kappa shape index (κ3) is 1.97. The molecule has 12 heavy (non-hydrogen) atoms. The van der Waals surface area contributed by atoms with Crippen LogP contribution in [0, 0.1) is 0 Å². The lowest BCUT2D eigenvalue weighted by molar-refractivity contribution is 0.890. The van der Waals surface area contributed by atoms with Gasteiger partial charge in [-0.2, -0.15) is 0 Å². The van der Waals surface area contributed by atoms with E-state index in [0.29, 0.717) is 5.92 Å². The van der Waals surface area contributed by atoms with Gasteiger partial charge >= 0.3 is 0 Å². The van der Waals surface area contributed by atoms with Gasteiger partial charge in [0.15, 0.2) is 0 Å².